The Hall–Kier alpha value is -3.58. The summed E-state index contributed by atoms with van der Waals surface area (Å²) in [5.74, 6) is 0.982. The number of rotatable bonds is 6. The van der Waals surface area contributed by atoms with Crippen LogP contribution in [0.25, 0.3) is 11.3 Å². The largest absolute Gasteiger partial charge is 0.488 e. The number of hydrogen-bond acceptors (Lipinski definition) is 6. The Balaban J connectivity index is 1.67. The molecular weight excluding hydrogens is 466 g/mol. The summed E-state index contributed by atoms with van der Waals surface area (Å²) < 4.78 is 11.8. The number of nitrogens with two attached hydrogens (primary N) is 1. The minimum Gasteiger partial charge on any atom is -0.488 e. The first-order valence-corrected chi connectivity index (χ1v) is 12.8. The fraction of sp³-hybridized carbons (Fsp3) is 0.400. The van der Waals surface area contributed by atoms with E-state index >= 15 is 0 Å². The zero-order valence-corrected chi connectivity index (χ0v) is 22.1. The Labute approximate surface area is 219 Å². The van der Waals surface area contributed by atoms with Crippen molar-refractivity contribution >= 4 is 11.9 Å². The second-order valence-electron chi connectivity index (χ2n) is 10.6. The maximum absolute atomic E-state index is 12.8. The van der Waals surface area contributed by atoms with E-state index in [1.165, 1.54) is 0 Å². The van der Waals surface area contributed by atoms with Crippen molar-refractivity contribution in [2.24, 2.45) is 0 Å². The van der Waals surface area contributed by atoms with Crippen LogP contribution in [0.15, 0.2) is 60.7 Å². The van der Waals surface area contributed by atoms with E-state index in [4.69, 9.17) is 15.2 Å². The van der Waals surface area contributed by atoms with Crippen LogP contribution in [0.4, 0.5) is 10.6 Å². The molecule has 1 aliphatic rings. The number of piperidine rings is 1. The Morgan fingerprint density at radius 3 is 2.57 bits per heavy atom. The van der Waals surface area contributed by atoms with E-state index in [-0.39, 0.29) is 17.8 Å². The maximum Gasteiger partial charge on any atom is 0.410 e. The van der Waals surface area contributed by atoms with E-state index in [9.17, 15) is 9.90 Å². The van der Waals surface area contributed by atoms with Crippen LogP contribution in [0.2, 0.25) is 0 Å². The fourth-order valence-corrected chi connectivity index (χ4v) is 4.79. The van der Waals surface area contributed by atoms with Crippen molar-refractivity contribution in [1.29, 1.82) is 0 Å². The Bertz CT molecular complexity index is 1220. The van der Waals surface area contributed by atoms with Crippen LogP contribution >= 0.6 is 0 Å². The number of anilines is 1. The molecule has 7 nitrogen and oxygen atoms in total. The Morgan fingerprint density at radius 2 is 1.86 bits per heavy atom. The SMILES string of the molecule is CC(O)c1c(C2CCCN(C(=O)OC(C)(C)C)C2)cc(-c2ccccc2OCc2ccccc2)nc1N. The van der Waals surface area contributed by atoms with Crippen LogP contribution < -0.4 is 10.5 Å². The molecule has 1 fully saturated rings. The van der Waals surface area contributed by atoms with Gasteiger partial charge < -0.3 is 25.2 Å². The van der Waals surface area contributed by atoms with Gasteiger partial charge in [0.1, 0.15) is 23.8 Å². The molecule has 196 valence electrons. The van der Waals surface area contributed by atoms with Gasteiger partial charge in [0.2, 0.25) is 0 Å². The molecule has 0 saturated carbocycles. The molecule has 2 aromatic carbocycles. The number of carbonyl (C=O) groups excluding carboxylic acids is 1. The minimum atomic E-state index is -0.793. The van der Waals surface area contributed by atoms with Crippen molar-refractivity contribution < 1.29 is 19.4 Å². The average Bonchev–Trinajstić information content (AvgIpc) is 2.86. The van der Waals surface area contributed by atoms with Crippen molar-refractivity contribution in [2.75, 3.05) is 18.8 Å². The number of hydrogen-bond donors (Lipinski definition) is 2. The number of amides is 1. The number of pyridine rings is 1. The summed E-state index contributed by atoms with van der Waals surface area (Å²) >= 11 is 0. The lowest BCUT2D eigenvalue weighted by atomic mass is 9.85. The highest BCUT2D eigenvalue weighted by Crippen LogP contribution is 2.39. The van der Waals surface area contributed by atoms with E-state index in [0.717, 1.165) is 29.5 Å². The van der Waals surface area contributed by atoms with Crippen molar-refractivity contribution in [3.63, 3.8) is 0 Å². The van der Waals surface area contributed by atoms with Gasteiger partial charge in [-0.15, -0.1) is 0 Å². The number of aliphatic hydroxyl groups is 1. The number of nitrogen functional groups attached to an aromatic ring is 1. The molecule has 0 aliphatic carbocycles. The molecule has 3 N–H and O–H groups in total. The maximum atomic E-state index is 12.8. The van der Waals surface area contributed by atoms with Crippen LogP contribution in [-0.4, -0.2) is 39.8 Å². The third-order valence-electron chi connectivity index (χ3n) is 6.45. The standard InChI is InChI=1S/C30H37N3O4/c1-20(34)27-24(22-13-10-16-33(18-22)29(35)37-30(2,3)4)17-25(32-28(27)31)23-14-8-9-15-26(23)36-19-21-11-6-5-7-12-21/h5-9,11-12,14-15,17,20,22,34H,10,13,16,18-19H2,1-4H3,(H2,31,32). The quantitative estimate of drug-likeness (QED) is 0.423. The first-order chi connectivity index (χ1) is 17.6. The van der Waals surface area contributed by atoms with Crippen molar-refractivity contribution in [2.45, 2.75) is 64.8 Å². The highest BCUT2D eigenvalue weighted by Gasteiger charge is 2.31. The number of aliphatic hydroxyl groups excluding tert-OH is 1. The zero-order chi connectivity index (χ0) is 26.6. The summed E-state index contributed by atoms with van der Waals surface area (Å²) in [6, 6.07) is 19.7. The molecule has 2 heterocycles. The lowest BCUT2D eigenvalue weighted by Gasteiger charge is -2.35. The fourth-order valence-electron chi connectivity index (χ4n) is 4.79. The predicted molar refractivity (Wildman–Crippen MR) is 145 cm³/mol. The number of carbonyl (C=O) groups is 1. The van der Waals surface area contributed by atoms with Crippen LogP contribution in [0.3, 0.4) is 0 Å². The molecule has 1 aliphatic heterocycles. The van der Waals surface area contributed by atoms with Gasteiger partial charge in [-0.05, 0) is 69.9 Å². The van der Waals surface area contributed by atoms with Gasteiger partial charge >= 0.3 is 6.09 Å². The minimum absolute atomic E-state index is 0.00711. The lowest BCUT2D eigenvalue weighted by molar-refractivity contribution is 0.0197. The molecule has 4 rings (SSSR count). The summed E-state index contributed by atoms with van der Waals surface area (Å²) in [6.07, 6.45) is 0.585. The molecule has 2 atom stereocenters. The molecule has 0 spiro atoms. The van der Waals surface area contributed by atoms with Crippen LogP contribution in [-0.2, 0) is 11.3 Å². The third-order valence-corrected chi connectivity index (χ3v) is 6.45. The van der Waals surface area contributed by atoms with E-state index in [1.54, 1.807) is 11.8 Å². The van der Waals surface area contributed by atoms with Crippen LogP contribution in [0.1, 0.15) is 69.2 Å². The molecule has 37 heavy (non-hydrogen) atoms. The summed E-state index contributed by atoms with van der Waals surface area (Å²) in [6.45, 7) is 8.85. The number of para-hydroxylation sites is 1. The molecule has 2 unspecified atom stereocenters. The Kier molecular flexibility index (Phi) is 8.03. The van der Waals surface area contributed by atoms with Crippen molar-refractivity contribution in [3.05, 3.63) is 77.4 Å². The summed E-state index contributed by atoms with van der Waals surface area (Å²) in [7, 11) is 0. The van der Waals surface area contributed by atoms with Gasteiger partial charge in [0, 0.05) is 30.1 Å². The first-order valence-electron chi connectivity index (χ1n) is 12.8. The molecule has 1 saturated heterocycles. The van der Waals surface area contributed by atoms with Gasteiger partial charge in [-0.25, -0.2) is 9.78 Å². The summed E-state index contributed by atoms with van der Waals surface area (Å²) in [4.78, 5) is 19.2. The number of aromatic nitrogens is 1. The number of likely N-dealkylation sites (tertiary alicyclic amines) is 1. The molecular formula is C30H37N3O4. The van der Waals surface area contributed by atoms with Gasteiger partial charge in [-0.3, -0.25) is 0 Å². The van der Waals surface area contributed by atoms with E-state index in [2.05, 4.69) is 4.98 Å². The Morgan fingerprint density at radius 1 is 1.16 bits per heavy atom. The van der Waals surface area contributed by atoms with Crippen LogP contribution in [0.5, 0.6) is 5.75 Å². The molecule has 7 heteroatoms. The lowest BCUT2D eigenvalue weighted by Crippen LogP contribution is -2.42. The second-order valence-corrected chi connectivity index (χ2v) is 10.6. The number of ether oxygens (including phenoxy) is 2. The first kappa shape index (κ1) is 26.5. The monoisotopic (exact) mass is 503 g/mol. The highest BCUT2D eigenvalue weighted by atomic mass is 16.6. The predicted octanol–water partition coefficient (Wildman–Crippen LogP) is 6.08. The van der Waals surface area contributed by atoms with Gasteiger partial charge in [0.15, 0.2) is 0 Å². The highest BCUT2D eigenvalue weighted by molar-refractivity contribution is 5.71. The van der Waals surface area contributed by atoms with E-state index in [0.29, 0.717) is 36.7 Å². The van der Waals surface area contributed by atoms with Crippen molar-refractivity contribution in [1.82, 2.24) is 9.88 Å². The van der Waals surface area contributed by atoms with Gasteiger partial charge in [0.05, 0.1) is 11.8 Å². The number of benzene rings is 2. The number of nitrogens with zero attached hydrogens (tertiary/aromatic N) is 2. The van der Waals surface area contributed by atoms with Gasteiger partial charge in [0.25, 0.3) is 0 Å². The molecule has 1 amide bonds. The third kappa shape index (κ3) is 6.60. The normalized spacial score (nSPS) is 16.8. The zero-order valence-electron chi connectivity index (χ0n) is 22.1. The summed E-state index contributed by atoms with van der Waals surface area (Å²) in [5.41, 5.74) is 9.97. The summed E-state index contributed by atoms with van der Waals surface area (Å²) in [5, 5.41) is 10.6. The molecule has 3 aromatic rings. The second kappa shape index (κ2) is 11.2. The smallest absolute Gasteiger partial charge is 0.410 e. The molecule has 1 aromatic heterocycles. The van der Waals surface area contributed by atoms with Crippen molar-refractivity contribution in [3.8, 4) is 17.0 Å². The van der Waals surface area contributed by atoms with Crippen LogP contribution in [0, 0.1) is 0 Å². The van der Waals surface area contributed by atoms with E-state index < -0.39 is 11.7 Å². The van der Waals surface area contributed by atoms with Gasteiger partial charge in [-0.1, -0.05) is 42.5 Å². The topological polar surface area (TPSA) is 97.9 Å². The molecule has 0 radical (unpaired) electrons. The molecule has 0 bridgehead atoms. The van der Waals surface area contributed by atoms with Gasteiger partial charge in [-0.2, -0.15) is 0 Å². The average molecular weight is 504 g/mol. The van der Waals surface area contributed by atoms with E-state index in [1.807, 2.05) is 81.4 Å².